The lowest BCUT2D eigenvalue weighted by Crippen LogP contribution is -2.41. The summed E-state index contributed by atoms with van der Waals surface area (Å²) in [6.07, 6.45) is 9.95. The molecule has 3 heteroatoms. The molecule has 0 radical (unpaired) electrons. The van der Waals surface area contributed by atoms with E-state index in [4.69, 9.17) is 10.7 Å². The molecule has 0 aromatic carbocycles. The molecular weight excluding hydrogens is 252 g/mol. The first kappa shape index (κ1) is 13.6. The molecule has 2 nitrogen and oxygen atoms in total. The van der Waals surface area contributed by atoms with Crippen molar-refractivity contribution in [2.45, 2.75) is 70.8 Å². The highest BCUT2D eigenvalue weighted by Gasteiger charge is 2.37. The third-order valence-electron chi connectivity index (χ3n) is 4.71. The van der Waals surface area contributed by atoms with Gasteiger partial charge in [-0.3, -0.25) is 0 Å². The fraction of sp³-hybridized carbons (Fsp3) is 0.812. The fourth-order valence-corrected chi connectivity index (χ4v) is 5.18. The summed E-state index contributed by atoms with van der Waals surface area (Å²) in [7, 11) is 0. The van der Waals surface area contributed by atoms with Crippen molar-refractivity contribution in [2.24, 2.45) is 17.6 Å². The van der Waals surface area contributed by atoms with Crippen LogP contribution >= 0.6 is 11.3 Å². The number of hydrogen-bond acceptors (Lipinski definition) is 3. The van der Waals surface area contributed by atoms with Gasteiger partial charge in [0.05, 0.1) is 11.2 Å². The van der Waals surface area contributed by atoms with Gasteiger partial charge in [0.25, 0.3) is 0 Å². The molecule has 106 valence electrons. The van der Waals surface area contributed by atoms with Crippen LogP contribution in [-0.2, 0) is 18.4 Å². The predicted octanol–water partition coefficient (Wildman–Crippen LogP) is 4.02. The van der Waals surface area contributed by atoms with Crippen LogP contribution in [-0.4, -0.2) is 4.98 Å². The molecule has 0 bridgehead atoms. The first-order valence-corrected chi connectivity index (χ1v) is 8.66. The van der Waals surface area contributed by atoms with Gasteiger partial charge < -0.3 is 5.73 Å². The van der Waals surface area contributed by atoms with E-state index in [1.807, 2.05) is 11.3 Å². The number of nitrogens with zero attached hydrogens (tertiary/aromatic N) is 1. The van der Waals surface area contributed by atoms with E-state index in [-0.39, 0.29) is 5.54 Å². The molecule has 2 aliphatic rings. The number of hydrogen-bond donors (Lipinski definition) is 1. The third kappa shape index (κ3) is 2.73. The first-order valence-electron chi connectivity index (χ1n) is 7.85. The van der Waals surface area contributed by atoms with Crippen molar-refractivity contribution in [2.75, 3.05) is 0 Å². The molecule has 2 atom stereocenters. The van der Waals surface area contributed by atoms with Crippen molar-refractivity contribution in [3.63, 3.8) is 0 Å². The predicted molar refractivity (Wildman–Crippen MR) is 81.4 cm³/mol. The van der Waals surface area contributed by atoms with E-state index in [1.54, 1.807) is 0 Å². The lowest BCUT2D eigenvalue weighted by Gasteiger charge is -2.37. The largest absolute Gasteiger partial charge is 0.319 e. The maximum atomic E-state index is 6.76. The summed E-state index contributed by atoms with van der Waals surface area (Å²) in [5, 5.41) is 1.24. The molecule has 1 saturated carbocycles. The van der Waals surface area contributed by atoms with Gasteiger partial charge in [0, 0.05) is 4.88 Å². The van der Waals surface area contributed by atoms with Crippen LogP contribution in [0.3, 0.4) is 0 Å². The van der Waals surface area contributed by atoms with Crippen molar-refractivity contribution in [1.82, 2.24) is 4.98 Å². The number of aromatic nitrogens is 1. The van der Waals surface area contributed by atoms with Gasteiger partial charge in [0.2, 0.25) is 0 Å². The lowest BCUT2D eigenvalue weighted by molar-refractivity contribution is 0.202. The smallest absolute Gasteiger partial charge is 0.113 e. The highest BCUT2D eigenvalue weighted by molar-refractivity contribution is 7.12. The Hall–Kier alpha value is -0.410. The molecule has 19 heavy (non-hydrogen) atoms. The summed E-state index contributed by atoms with van der Waals surface area (Å²) < 4.78 is 0. The Labute approximate surface area is 120 Å². The minimum atomic E-state index is -0.118. The van der Waals surface area contributed by atoms with Gasteiger partial charge in [-0.2, -0.15) is 0 Å². The Bertz CT molecular complexity index is 430. The molecule has 2 N–H and O–H groups in total. The second-order valence-electron chi connectivity index (χ2n) is 6.99. The van der Waals surface area contributed by atoms with Gasteiger partial charge in [-0.1, -0.05) is 26.7 Å². The van der Waals surface area contributed by atoms with Crippen molar-refractivity contribution >= 4 is 11.3 Å². The quantitative estimate of drug-likeness (QED) is 0.907. The Balaban J connectivity index is 1.77. The zero-order valence-electron chi connectivity index (χ0n) is 12.2. The number of rotatable bonds is 3. The van der Waals surface area contributed by atoms with Gasteiger partial charge in [-0.05, 0) is 50.4 Å². The fourth-order valence-electron chi connectivity index (χ4n) is 3.89. The van der Waals surface area contributed by atoms with E-state index in [2.05, 4.69) is 13.8 Å². The summed E-state index contributed by atoms with van der Waals surface area (Å²) in [4.78, 5) is 6.41. The number of fused-ring (bicyclic) bond motifs is 1. The second-order valence-corrected chi connectivity index (χ2v) is 8.07. The molecule has 0 spiro atoms. The summed E-state index contributed by atoms with van der Waals surface area (Å²) in [6, 6.07) is 0. The third-order valence-corrected chi connectivity index (χ3v) is 6.09. The molecule has 0 saturated heterocycles. The van der Waals surface area contributed by atoms with Crippen molar-refractivity contribution < 1.29 is 0 Å². The van der Waals surface area contributed by atoms with Crippen LogP contribution in [0.2, 0.25) is 0 Å². The number of thiazole rings is 1. The normalized spacial score (nSPS) is 30.8. The van der Waals surface area contributed by atoms with Crippen molar-refractivity contribution in [3.8, 4) is 0 Å². The molecule has 1 aromatic heterocycles. The van der Waals surface area contributed by atoms with Crippen LogP contribution in [0.5, 0.6) is 0 Å². The summed E-state index contributed by atoms with van der Waals surface area (Å²) in [5.41, 5.74) is 7.99. The van der Waals surface area contributed by atoms with E-state index in [0.29, 0.717) is 0 Å². The Morgan fingerprint density at radius 2 is 2.21 bits per heavy atom. The standard InChI is InChI=1S/C16H26N2S/c1-11(2)9-12-5-4-8-16(17,10-12)15-18-13-6-3-7-14(13)19-15/h11-12H,3-10,17H2,1-2H3. The van der Waals surface area contributed by atoms with Gasteiger partial charge in [-0.25, -0.2) is 4.98 Å². The maximum absolute atomic E-state index is 6.76. The van der Waals surface area contributed by atoms with Gasteiger partial charge in [-0.15, -0.1) is 11.3 Å². The molecular formula is C16H26N2S. The molecule has 0 amide bonds. The average Bonchev–Trinajstić information content (AvgIpc) is 2.87. The molecule has 2 unspecified atom stereocenters. The van der Waals surface area contributed by atoms with Crippen LogP contribution in [0.1, 0.15) is 68.0 Å². The topological polar surface area (TPSA) is 38.9 Å². The van der Waals surface area contributed by atoms with Crippen molar-refractivity contribution in [3.05, 3.63) is 15.6 Å². The average molecular weight is 278 g/mol. The maximum Gasteiger partial charge on any atom is 0.113 e. The van der Waals surface area contributed by atoms with E-state index in [0.717, 1.165) is 24.7 Å². The summed E-state index contributed by atoms with van der Waals surface area (Å²) in [6.45, 7) is 4.65. The van der Waals surface area contributed by atoms with Crippen LogP contribution in [0.15, 0.2) is 0 Å². The summed E-state index contributed by atoms with van der Waals surface area (Å²) >= 11 is 1.91. The first-order chi connectivity index (χ1) is 9.07. The molecule has 0 aliphatic heterocycles. The number of aryl methyl sites for hydroxylation is 2. The van der Waals surface area contributed by atoms with Crippen LogP contribution in [0, 0.1) is 11.8 Å². The second kappa shape index (κ2) is 5.17. The SMILES string of the molecule is CC(C)CC1CCCC(N)(c2nc3c(s2)CCC3)C1. The Morgan fingerprint density at radius 3 is 2.95 bits per heavy atom. The van der Waals surface area contributed by atoms with E-state index in [9.17, 15) is 0 Å². The highest BCUT2D eigenvalue weighted by atomic mass is 32.1. The van der Waals surface area contributed by atoms with E-state index in [1.165, 1.54) is 54.1 Å². The zero-order valence-corrected chi connectivity index (χ0v) is 13.1. The van der Waals surface area contributed by atoms with Gasteiger partial charge in [0.1, 0.15) is 5.01 Å². The summed E-state index contributed by atoms with van der Waals surface area (Å²) in [5.74, 6) is 1.59. The highest BCUT2D eigenvalue weighted by Crippen LogP contribution is 2.43. The van der Waals surface area contributed by atoms with E-state index < -0.39 is 0 Å². The molecule has 3 rings (SSSR count). The lowest BCUT2D eigenvalue weighted by atomic mass is 9.74. The van der Waals surface area contributed by atoms with Crippen molar-refractivity contribution in [1.29, 1.82) is 0 Å². The van der Waals surface area contributed by atoms with Crippen LogP contribution in [0.4, 0.5) is 0 Å². The van der Waals surface area contributed by atoms with E-state index >= 15 is 0 Å². The zero-order chi connectivity index (χ0) is 13.5. The minimum absolute atomic E-state index is 0.118. The molecule has 1 aromatic rings. The van der Waals surface area contributed by atoms with Gasteiger partial charge in [0.15, 0.2) is 0 Å². The molecule has 1 fully saturated rings. The Kier molecular flexibility index (Phi) is 3.69. The van der Waals surface area contributed by atoms with Crippen LogP contribution < -0.4 is 5.73 Å². The Morgan fingerprint density at radius 1 is 1.37 bits per heavy atom. The molecule has 1 heterocycles. The van der Waals surface area contributed by atoms with Crippen LogP contribution in [0.25, 0.3) is 0 Å². The van der Waals surface area contributed by atoms with Gasteiger partial charge >= 0.3 is 0 Å². The molecule has 2 aliphatic carbocycles. The minimum Gasteiger partial charge on any atom is -0.319 e. The number of nitrogens with two attached hydrogens (primary N) is 1. The monoisotopic (exact) mass is 278 g/mol.